The molecule has 1 rings (SSSR count). The molecular formula is C9H13F2N3. The molecule has 0 aliphatic rings. The first kappa shape index (κ1) is 10.8. The number of halogens is 2. The lowest BCUT2D eigenvalue weighted by Gasteiger charge is -2.17. The van der Waals surface area contributed by atoms with Crippen molar-refractivity contribution in [3.05, 3.63) is 23.9 Å². The van der Waals surface area contributed by atoms with Crippen LogP contribution in [0.5, 0.6) is 0 Å². The molecule has 0 atom stereocenters. The third kappa shape index (κ3) is 2.63. The van der Waals surface area contributed by atoms with E-state index in [1.165, 1.54) is 0 Å². The Kier molecular flexibility index (Phi) is 3.76. The maximum absolute atomic E-state index is 13.2. The van der Waals surface area contributed by atoms with E-state index in [4.69, 9.17) is 0 Å². The molecule has 78 valence electrons. The first-order chi connectivity index (χ1) is 6.65. The van der Waals surface area contributed by atoms with Crippen molar-refractivity contribution in [1.82, 2.24) is 10.3 Å². The largest absolute Gasteiger partial charge is 0.356 e. The van der Waals surface area contributed by atoms with Gasteiger partial charge in [-0.05, 0) is 7.05 Å². The highest BCUT2D eigenvalue weighted by atomic mass is 19.1. The Bertz CT molecular complexity index is 304. The summed E-state index contributed by atoms with van der Waals surface area (Å²) < 4.78 is 25.7. The fraction of sp³-hybridized carbons (Fsp3) is 0.444. The van der Waals surface area contributed by atoms with Crippen molar-refractivity contribution >= 4 is 5.82 Å². The van der Waals surface area contributed by atoms with E-state index in [1.54, 1.807) is 11.9 Å². The lowest BCUT2D eigenvalue weighted by molar-refractivity contribution is 0.569. The van der Waals surface area contributed by atoms with Crippen LogP contribution in [-0.2, 0) is 0 Å². The van der Waals surface area contributed by atoms with Crippen LogP contribution in [0.1, 0.15) is 0 Å². The Balaban J connectivity index is 2.74. The number of nitrogens with zero attached hydrogens (tertiary/aromatic N) is 2. The third-order valence-corrected chi connectivity index (χ3v) is 1.85. The van der Waals surface area contributed by atoms with Gasteiger partial charge >= 0.3 is 0 Å². The Labute approximate surface area is 81.8 Å². The number of likely N-dealkylation sites (N-methyl/N-ethyl adjacent to an activating group) is 2. The monoisotopic (exact) mass is 201 g/mol. The highest BCUT2D eigenvalue weighted by Gasteiger charge is 2.09. The summed E-state index contributed by atoms with van der Waals surface area (Å²) in [4.78, 5) is 5.31. The number of anilines is 1. The maximum Gasteiger partial charge on any atom is 0.168 e. The van der Waals surface area contributed by atoms with Gasteiger partial charge in [-0.3, -0.25) is 0 Å². The SMILES string of the molecule is CNCCN(C)c1ncc(F)cc1F. The van der Waals surface area contributed by atoms with E-state index in [2.05, 4.69) is 10.3 Å². The molecule has 1 N–H and O–H groups in total. The smallest absolute Gasteiger partial charge is 0.168 e. The molecule has 0 bridgehead atoms. The molecule has 0 aliphatic carbocycles. The standard InChI is InChI=1S/C9H13F2N3/c1-12-3-4-14(2)9-8(11)5-7(10)6-13-9/h5-6,12H,3-4H2,1-2H3. The predicted molar refractivity (Wildman–Crippen MR) is 51.3 cm³/mol. The van der Waals surface area contributed by atoms with Crippen LogP contribution < -0.4 is 10.2 Å². The first-order valence-corrected chi connectivity index (χ1v) is 4.32. The summed E-state index contributed by atoms with van der Waals surface area (Å²) in [6.45, 7) is 1.33. The quantitative estimate of drug-likeness (QED) is 0.788. The van der Waals surface area contributed by atoms with Gasteiger partial charge < -0.3 is 10.2 Å². The van der Waals surface area contributed by atoms with Gasteiger partial charge in [-0.1, -0.05) is 0 Å². The zero-order valence-corrected chi connectivity index (χ0v) is 8.22. The number of nitrogens with one attached hydrogen (secondary N) is 1. The van der Waals surface area contributed by atoms with Crippen molar-refractivity contribution in [2.45, 2.75) is 0 Å². The number of hydrogen-bond acceptors (Lipinski definition) is 3. The van der Waals surface area contributed by atoms with Crippen molar-refractivity contribution < 1.29 is 8.78 Å². The third-order valence-electron chi connectivity index (χ3n) is 1.85. The minimum atomic E-state index is -0.659. The van der Waals surface area contributed by atoms with Crippen LogP contribution in [0, 0.1) is 11.6 Å². The minimum absolute atomic E-state index is 0.168. The summed E-state index contributed by atoms with van der Waals surface area (Å²) in [5.41, 5.74) is 0. The Morgan fingerprint density at radius 3 is 2.79 bits per heavy atom. The minimum Gasteiger partial charge on any atom is -0.356 e. The Hall–Kier alpha value is -1.23. The van der Waals surface area contributed by atoms with Crippen molar-refractivity contribution in [2.75, 3.05) is 32.1 Å². The molecule has 0 unspecified atom stereocenters. The summed E-state index contributed by atoms with van der Waals surface area (Å²) >= 11 is 0. The summed E-state index contributed by atoms with van der Waals surface area (Å²) in [6, 6.07) is 0.832. The lowest BCUT2D eigenvalue weighted by atomic mass is 10.4. The van der Waals surface area contributed by atoms with Gasteiger partial charge in [-0.15, -0.1) is 0 Å². The van der Waals surface area contributed by atoms with E-state index in [9.17, 15) is 8.78 Å². The second-order valence-electron chi connectivity index (χ2n) is 2.98. The molecule has 0 saturated heterocycles. The molecule has 0 aromatic carbocycles. The van der Waals surface area contributed by atoms with Gasteiger partial charge in [-0.2, -0.15) is 0 Å². The van der Waals surface area contributed by atoms with Crippen LogP contribution in [0.4, 0.5) is 14.6 Å². The summed E-state index contributed by atoms with van der Waals surface area (Å²) in [7, 11) is 3.52. The van der Waals surface area contributed by atoms with Gasteiger partial charge in [0.15, 0.2) is 11.6 Å². The summed E-state index contributed by atoms with van der Waals surface area (Å²) in [6.07, 6.45) is 1.01. The summed E-state index contributed by atoms with van der Waals surface area (Å²) in [5.74, 6) is -1.13. The fourth-order valence-corrected chi connectivity index (χ4v) is 1.07. The van der Waals surface area contributed by atoms with Crippen LogP contribution >= 0.6 is 0 Å². The number of hydrogen-bond donors (Lipinski definition) is 1. The average Bonchev–Trinajstić information content (AvgIpc) is 2.14. The van der Waals surface area contributed by atoms with Crippen molar-refractivity contribution in [1.29, 1.82) is 0 Å². The predicted octanol–water partition coefficient (Wildman–Crippen LogP) is 1.02. The van der Waals surface area contributed by atoms with Crippen molar-refractivity contribution in [3.8, 4) is 0 Å². The second kappa shape index (κ2) is 4.85. The van der Waals surface area contributed by atoms with Gasteiger partial charge in [0, 0.05) is 26.2 Å². The highest BCUT2D eigenvalue weighted by molar-refractivity contribution is 5.38. The zero-order valence-electron chi connectivity index (χ0n) is 8.22. The van der Waals surface area contributed by atoms with E-state index >= 15 is 0 Å². The fourth-order valence-electron chi connectivity index (χ4n) is 1.07. The van der Waals surface area contributed by atoms with Gasteiger partial charge in [0.2, 0.25) is 0 Å². The van der Waals surface area contributed by atoms with Crippen LogP contribution in [0.25, 0.3) is 0 Å². The molecule has 0 saturated carbocycles. The van der Waals surface area contributed by atoms with Gasteiger partial charge in [0.25, 0.3) is 0 Å². The maximum atomic E-state index is 13.2. The van der Waals surface area contributed by atoms with E-state index in [1.807, 2.05) is 7.05 Å². The van der Waals surface area contributed by atoms with E-state index < -0.39 is 11.6 Å². The first-order valence-electron chi connectivity index (χ1n) is 4.32. The topological polar surface area (TPSA) is 28.2 Å². The molecule has 1 aromatic heterocycles. The average molecular weight is 201 g/mol. The molecule has 3 nitrogen and oxygen atoms in total. The zero-order chi connectivity index (χ0) is 10.6. The molecule has 0 aliphatic heterocycles. The molecule has 0 amide bonds. The van der Waals surface area contributed by atoms with Gasteiger partial charge in [0.05, 0.1) is 6.20 Å². The van der Waals surface area contributed by atoms with Crippen LogP contribution in [0.15, 0.2) is 12.3 Å². The molecule has 14 heavy (non-hydrogen) atoms. The van der Waals surface area contributed by atoms with Crippen molar-refractivity contribution in [2.24, 2.45) is 0 Å². The van der Waals surface area contributed by atoms with Crippen molar-refractivity contribution in [3.63, 3.8) is 0 Å². The molecule has 0 fully saturated rings. The van der Waals surface area contributed by atoms with E-state index in [-0.39, 0.29) is 5.82 Å². The normalized spacial score (nSPS) is 10.3. The van der Waals surface area contributed by atoms with Crippen LogP contribution in [0.2, 0.25) is 0 Å². The highest BCUT2D eigenvalue weighted by Crippen LogP contribution is 2.14. The Morgan fingerprint density at radius 2 is 2.21 bits per heavy atom. The van der Waals surface area contributed by atoms with Crippen LogP contribution in [0.3, 0.4) is 0 Å². The van der Waals surface area contributed by atoms with Gasteiger partial charge in [0.1, 0.15) is 5.82 Å². The molecule has 1 aromatic rings. The summed E-state index contributed by atoms with van der Waals surface area (Å²) in [5, 5.41) is 2.93. The van der Waals surface area contributed by atoms with Gasteiger partial charge in [-0.25, -0.2) is 13.8 Å². The Morgan fingerprint density at radius 1 is 1.50 bits per heavy atom. The lowest BCUT2D eigenvalue weighted by Crippen LogP contribution is -2.28. The molecular weight excluding hydrogens is 188 g/mol. The number of rotatable bonds is 4. The molecule has 0 radical (unpaired) electrons. The molecule has 5 heteroatoms. The second-order valence-corrected chi connectivity index (χ2v) is 2.98. The molecule has 0 spiro atoms. The van der Waals surface area contributed by atoms with E-state index in [0.29, 0.717) is 6.54 Å². The number of aromatic nitrogens is 1. The number of pyridine rings is 1. The van der Waals surface area contributed by atoms with Crippen LogP contribution in [-0.4, -0.2) is 32.2 Å². The molecule has 1 heterocycles. The van der Waals surface area contributed by atoms with E-state index in [0.717, 1.165) is 18.8 Å².